The van der Waals surface area contributed by atoms with Crippen molar-refractivity contribution >= 4 is 22.8 Å². The van der Waals surface area contributed by atoms with E-state index < -0.39 is 0 Å². The summed E-state index contributed by atoms with van der Waals surface area (Å²) in [6.45, 7) is 0.146. The van der Waals surface area contributed by atoms with E-state index in [-0.39, 0.29) is 30.2 Å². The number of carbonyl (C=O) groups is 1. The molecule has 0 atom stereocenters. The molecule has 3 aromatic heterocycles. The summed E-state index contributed by atoms with van der Waals surface area (Å²) < 4.78 is 20.5. The molecule has 0 fully saturated rings. The maximum absolute atomic E-state index is 13.1. The standard InChI is InChI=1S/C17H13FN6O3/c18-11-1-3-12(4-2-11)24-16-13(9-20-24)17(26)23(10-19-16)7-5-15(25)21-14-6-8-27-22-14/h1-4,6,8-10H,5,7H2,(H,21,22,25). The summed E-state index contributed by atoms with van der Waals surface area (Å²) in [5, 5.41) is 10.6. The van der Waals surface area contributed by atoms with Crippen molar-refractivity contribution in [3.8, 4) is 5.69 Å². The van der Waals surface area contributed by atoms with E-state index in [1.54, 1.807) is 12.1 Å². The lowest BCUT2D eigenvalue weighted by Gasteiger charge is -2.06. The number of aryl methyl sites for hydroxylation is 1. The second kappa shape index (κ2) is 6.83. The summed E-state index contributed by atoms with van der Waals surface area (Å²) in [7, 11) is 0. The van der Waals surface area contributed by atoms with Crippen LogP contribution in [0.4, 0.5) is 10.2 Å². The first-order chi connectivity index (χ1) is 13.1. The van der Waals surface area contributed by atoms with Gasteiger partial charge in [-0.25, -0.2) is 14.1 Å². The van der Waals surface area contributed by atoms with Gasteiger partial charge in [0.25, 0.3) is 5.56 Å². The topological polar surface area (TPSA) is 108 Å². The molecule has 1 N–H and O–H groups in total. The van der Waals surface area contributed by atoms with Crippen LogP contribution in [-0.4, -0.2) is 30.4 Å². The highest BCUT2D eigenvalue weighted by atomic mass is 19.1. The highest BCUT2D eigenvalue weighted by Gasteiger charge is 2.12. The van der Waals surface area contributed by atoms with Gasteiger partial charge in [-0.05, 0) is 24.3 Å². The van der Waals surface area contributed by atoms with Crippen LogP contribution in [0, 0.1) is 5.82 Å². The molecule has 136 valence electrons. The molecule has 0 saturated carbocycles. The molecule has 1 amide bonds. The molecule has 0 aliphatic rings. The molecule has 9 nitrogen and oxygen atoms in total. The Morgan fingerprint density at radius 3 is 2.78 bits per heavy atom. The van der Waals surface area contributed by atoms with Gasteiger partial charge in [-0.3, -0.25) is 14.2 Å². The normalized spacial score (nSPS) is 11.0. The number of halogens is 1. The lowest BCUT2D eigenvalue weighted by atomic mass is 10.3. The average molecular weight is 368 g/mol. The van der Waals surface area contributed by atoms with Crippen LogP contribution < -0.4 is 10.9 Å². The van der Waals surface area contributed by atoms with Crippen molar-refractivity contribution in [3.63, 3.8) is 0 Å². The summed E-state index contributed by atoms with van der Waals surface area (Å²) in [5.74, 6) is -0.367. The van der Waals surface area contributed by atoms with Crippen molar-refractivity contribution in [1.82, 2.24) is 24.5 Å². The fourth-order valence-electron chi connectivity index (χ4n) is 2.58. The number of anilines is 1. The third-order valence-corrected chi connectivity index (χ3v) is 3.91. The highest BCUT2D eigenvalue weighted by molar-refractivity contribution is 5.89. The molecule has 0 saturated heterocycles. The van der Waals surface area contributed by atoms with Gasteiger partial charge in [0.2, 0.25) is 5.91 Å². The predicted molar refractivity (Wildman–Crippen MR) is 92.8 cm³/mol. The van der Waals surface area contributed by atoms with E-state index >= 15 is 0 Å². The molecule has 0 aliphatic heterocycles. The Morgan fingerprint density at radius 2 is 2.04 bits per heavy atom. The van der Waals surface area contributed by atoms with Gasteiger partial charge in [0.15, 0.2) is 11.5 Å². The molecule has 27 heavy (non-hydrogen) atoms. The zero-order chi connectivity index (χ0) is 18.8. The Labute approximate surface area is 151 Å². The summed E-state index contributed by atoms with van der Waals surface area (Å²) in [4.78, 5) is 28.8. The summed E-state index contributed by atoms with van der Waals surface area (Å²) >= 11 is 0. The second-order valence-electron chi connectivity index (χ2n) is 5.70. The monoisotopic (exact) mass is 368 g/mol. The van der Waals surface area contributed by atoms with E-state index in [1.807, 2.05) is 0 Å². The number of fused-ring (bicyclic) bond motifs is 1. The lowest BCUT2D eigenvalue weighted by molar-refractivity contribution is -0.116. The van der Waals surface area contributed by atoms with Crippen molar-refractivity contribution in [2.45, 2.75) is 13.0 Å². The molecule has 0 unspecified atom stereocenters. The molecule has 4 aromatic rings. The van der Waals surface area contributed by atoms with Crippen LogP contribution in [0.15, 0.2) is 58.4 Å². The van der Waals surface area contributed by atoms with E-state index in [0.29, 0.717) is 22.5 Å². The van der Waals surface area contributed by atoms with Crippen LogP contribution in [-0.2, 0) is 11.3 Å². The fraction of sp³-hybridized carbons (Fsp3) is 0.118. The van der Waals surface area contributed by atoms with Gasteiger partial charge < -0.3 is 9.84 Å². The summed E-state index contributed by atoms with van der Waals surface area (Å²) in [6, 6.07) is 7.21. The van der Waals surface area contributed by atoms with Gasteiger partial charge in [-0.15, -0.1) is 0 Å². The Balaban J connectivity index is 1.55. The van der Waals surface area contributed by atoms with Crippen molar-refractivity contribution in [3.05, 3.63) is 65.3 Å². The van der Waals surface area contributed by atoms with Crippen LogP contribution in [0.2, 0.25) is 0 Å². The fourth-order valence-corrected chi connectivity index (χ4v) is 2.58. The summed E-state index contributed by atoms with van der Waals surface area (Å²) in [6.07, 6.45) is 4.17. The zero-order valence-corrected chi connectivity index (χ0v) is 13.9. The quantitative estimate of drug-likeness (QED) is 0.575. The molecule has 10 heteroatoms. The number of carbonyl (C=O) groups excluding carboxylic acids is 1. The largest absolute Gasteiger partial charge is 0.363 e. The third-order valence-electron chi connectivity index (χ3n) is 3.91. The molecule has 0 bridgehead atoms. The number of hydrogen-bond acceptors (Lipinski definition) is 6. The van der Waals surface area contributed by atoms with E-state index in [2.05, 4.69) is 25.1 Å². The lowest BCUT2D eigenvalue weighted by Crippen LogP contribution is -2.23. The molecule has 1 aromatic carbocycles. The van der Waals surface area contributed by atoms with Gasteiger partial charge in [0, 0.05) is 19.0 Å². The minimum Gasteiger partial charge on any atom is -0.363 e. The highest BCUT2D eigenvalue weighted by Crippen LogP contribution is 2.14. The first-order valence-electron chi connectivity index (χ1n) is 8.01. The first kappa shape index (κ1) is 16.6. The van der Waals surface area contributed by atoms with E-state index in [4.69, 9.17) is 0 Å². The number of aromatic nitrogens is 5. The minimum absolute atomic E-state index is 0.0616. The number of rotatable bonds is 5. The maximum Gasteiger partial charge on any atom is 0.264 e. The number of hydrogen-bond donors (Lipinski definition) is 1. The number of nitrogens with zero attached hydrogens (tertiary/aromatic N) is 5. The smallest absolute Gasteiger partial charge is 0.264 e. The van der Waals surface area contributed by atoms with Gasteiger partial charge in [-0.2, -0.15) is 5.10 Å². The van der Waals surface area contributed by atoms with E-state index in [9.17, 15) is 14.0 Å². The Bertz CT molecular complexity index is 1150. The third kappa shape index (κ3) is 3.32. The van der Waals surface area contributed by atoms with E-state index in [0.717, 1.165) is 0 Å². The van der Waals surface area contributed by atoms with Crippen LogP contribution in [0.3, 0.4) is 0 Å². The molecule has 0 spiro atoms. The van der Waals surface area contributed by atoms with Crippen LogP contribution in [0.25, 0.3) is 16.7 Å². The van der Waals surface area contributed by atoms with Crippen molar-refractivity contribution < 1.29 is 13.7 Å². The molecule has 0 radical (unpaired) electrons. The van der Waals surface area contributed by atoms with Gasteiger partial charge in [0.1, 0.15) is 17.5 Å². The Hall–Kier alpha value is -3.82. The van der Waals surface area contributed by atoms with E-state index in [1.165, 1.54) is 46.2 Å². The van der Waals surface area contributed by atoms with Crippen LogP contribution >= 0.6 is 0 Å². The van der Waals surface area contributed by atoms with Crippen molar-refractivity contribution in [1.29, 1.82) is 0 Å². The Kier molecular flexibility index (Phi) is 4.21. The molecule has 3 heterocycles. The van der Waals surface area contributed by atoms with Crippen molar-refractivity contribution in [2.75, 3.05) is 5.32 Å². The molecule has 0 aliphatic carbocycles. The first-order valence-corrected chi connectivity index (χ1v) is 8.01. The maximum atomic E-state index is 13.1. The SMILES string of the molecule is O=C(CCn1cnc2c(cnn2-c2ccc(F)cc2)c1=O)Nc1ccon1. The number of benzene rings is 1. The van der Waals surface area contributed by atoms with Gasteiger partial charge in [0.05, 0.1) is 18.2 Å². The summed E-state index contributed by atoms with van der Waals surface area (Å²) in [5.41, 5.74) is 0.626. The number of amides is 1. The zero-order valence-electron chi connectivity index (χ0n) is 13.9. The predicted octanol–water partition coefficient (Wildman–Crippen LogP) is 1.74. The van der Waals surface area contributed by atoms with Crippen LogP contribution in [0.5, 0.6) is 0 Å². The Morgan fingerprint density at radius 1 is 1.22 bits per heavy atom. The minimum atomic E-state index is -0.366. The molecular formula is C17H13FN6O3. The number of nitrogens with one attached hydrogen (secondary N) is 1. The second-order valence-corrected chi connectivity index (χ2v) is 5.70. The van der Waals surface area contributed by atoms with Crippen LogP contribution in [0.1, 0.15) is 6.42 Å². The van der Waals surface area contributed by atoms with Crippen molar-refractivity contribution in [2.24, 2.45) is 0 Å². The van der Waals surface area contributed by atoms with Gasteiger partial charge in [-0.1, -0.05) is 5.16 Å². The average Bonchev–Trinajstić information content (AvgIpc) is 3.32. The molecular weight excluding hydrogens is 355 g/mol. The molecule has 4 rings (SSSR count). The van der Waals surface area contributed by atoms with Gasteiger partial charge >= 0.3 is 0 Å².